The molecule has 0 aliphatic rings. The Labute approximate surface area is 86.5 Å². The largest absolute Gasteiger partial charge is 0.468 e. The first-order valence-electron chi connectivity index (χ1n) is 3.93. The van der Waals surface area contributed by atoms with Gasteiger partial charge in [0.15, 0.2) is 0 Å². The summed E-state index contributed by atoms with van der Waals surface area (Å²) in [5.41, 5.74) is 0.734. The maximum Gasteiger partial charge on any atom is 0.325 e. The van der Waals surface area contributed by atoms with Gasteiger partial charge in [-0.15, -0.1) is 0 Å². The molecule has 0 spiro atoms. The molecule has 1 aromatic rings. The lowest BCUT2D eigenvalue weighted by Gasteiger charge is -2.04. The lowest BCUT2D eigenvalue weighted by atomic mass is 10.4. The van der Waals surface area contributed by atoms with Crippen molar-refractivity contribution in [1.82, 2.24) is 9.97 Å². The molecule has 0 aliphatic carbocycles. The number of anilines is 1. The molecule has 0 saturated heterocycles. The summed E-state index contributed by atoms with van der Waals surface area (Å²) in [6.45, 7) is 1.85. The average molecular weight is 216 g/mol. The number of hydrogen-bond donors (Lipinski definition) is 1. The van der Waals surface area contributed by atoms with Gasteiger partial charge < -0.3 is 10.1 Å². The van der Waals surface area contributed by atoms with E-state index in [9.17, 15) is 4.79 Å². The van der Waals surface area contributed by atoms with Gasteiger partial charge in [-0.3, -0.25) is 4.79 Å². The summed E-state index contributed by atoms with van der Waals surface area (Å²) in [5.74, 6) is 0.144. The van der Waals surface area contributed by atoms with Gasteiger partial charge in [-0.1, -0.05) is 0 Å². The predicted octanol–water partition coefficient (Wildman–Crippen LogP) is 1.02. The van der Waals surface area contributed by atoms with Gasteiger partial charge >= 0.3 is 5.97 Å². The third-order valence-corrected chi connectivity index (χ3v) is 1.64. The number of carbonyl (C=O) groups is 1. The predicted molar refractivity (Wildman–Crippen MR) is 52.3 cm³/mol. The molecule has 6 heteroatoms. The highest BCUT2D eigenvalue weighted by Crippen LogP contribution is 2.08. The molecule has 1 aromatic heterocycles. The molecule has 0 aliphatic heterocycles. The van der Waals surface area contributed by atoms with Crippen LogP contribution in [0.1, 0.15) is 5.69 Å². The number of rotatable bonds is 3. The van der Waals surface area contributed by atoms with Gasteiger partial charge in [-0.2, -0.15) is 0 Å². The highest BCUT2D eigenvalue weighted by molar-refractivity contribution is 6.28. The molecular weight excluding hydrogens is 206 g/mol. The second kappa shape index (κ2) is 4.76. The van der Waals surface area contributed by atoms with Gasteiger partial charge in [0.05, 0.1) is 7.11 Å². The lowest BCUT2D eigenvalue weighted by Crippen LogP contribution is -2.15. The fraction of sp³-hybridized carbons (Fsp3) is 0.375. The first-order chi connectivity index (χ1) is 6.61. The van der Waals surface area contributed by atoms with Gasteiger partial charge in [-0.05, 0) is 18.5 Å². The molecule has 1 rings (SSSR count). The molecule has 1 N–H and O–H groups in total. The van der Waals surface area contributed by atoms with Crippen molar-refractivity contribution >= 4 is 23.4 Å². The van der Waals surface area contributed by atoms with Crippen LogP contribution in [0.15, 0.2) is 6.07 Å². The first-order valence-corrected chi connectivity index (χ1v) is 4.31. The van der Waals surface area contributed by atoms with E-state index in [1.165, 1.54) is 7.11 Å². The minimum Gasteiger partial charge on any atom is -0.468 e. The highest BCUT2D eigenvalue weighted by Gasteiger charge is 2.02. The van der Waals surface area contributed by atoms with Crippen LogP contribution in [0.2, 0.25) is 5.28 Å². The van der Waals surface area contributed by atoms with Crippen molar-refractivity contribution in [3.63, 3.8) is 0 Å². The maximum atomic E-state index is 10.8. The average Bonchev–Trinajstić information content (AvgIpc) is 2.12. The molecule has 0 saturated carbocycles. The summed E-state index contributed by atoms with van der Waals surface area (Å²) in [6, 6.07) is 1.69. The Morgan fingerprint density at radius 2 is 2.36 bits per heavy atom. The molecule has 0 aromatic carbocycles. The van der Waals surface area contributed by atoms with Crippen molar-refractivity contribution < 1.29 is 9.53 Å². The summed E-state index contributed by atoms with van der Waals surface area (Å²) < 4.78 is 4.45. The van der Waals surface area contributed by atoms with Crippen molar-refractivity contribution in [2.24, 2.45) is 0 Å². The van der Waals surface area contributed by atoms with Crippen LogP contribution in [0.5, 0.6) is 0 Å². The van der Waals surface area contributed by atoms with Gasteiger partial charge in [0, 0.05) is 11.8 Å². The molecule has 0 atom stereocenters. The van der Waals surface area contributed by atoms with E-state index in [1.807, 2.05) is 0 Å². The van der Waals surface area contributed by atoms with Crippen molar-refractivity contribution in [1.29, 1.82) is 0 Å². The van der Waals surface area contributed by atoms with E-state index < -0.39 is 0 Å². The van der Waals surface area contributed by atoms with Gasteiger partial charge in [0.25, 0.3) is 0 Å². The SMILES string of the molecule is COC(=O)CNc1cc(C)nc(Cl)n1. The van der Waals surface area contributed by atoms with E-state index in [0.29, 0.717) is 5.82 Å². The molecule has 5 nitrogen and oxygen atoms in total. The molecule has 14 heavy (non-hydrogen) atoms. The van der Waals surface area contributed by atoms with E-state index in [0.717, 1.165) is 5.69 Å². The van der Waals surface area contributed by atoms with Gasteiger partial charge in [0.1, 0.15) is 12.4 Å². The van der Waals surface area contributed by atoms with Gasteiger partial charge in [-0.25, -0.2) is 9.97 Å². The standard InChI is InChI=1S/C8H10ClN3O2/c1-5-3-6(12-8(9)11-5)10-4-7(13)14-2/h3H,4H2,1-2H3,(H,10,11,12). The third kappa shape index (κ3) is 3.18. The summed E-state index contributed by atoms with van der Waals surface area (Å²) in [7, 11) is 1.32. The lowest BCUT2D eigenvalue weighted by molar-refractivity contribution is -0.138. The van der Waals surface area contributed by atoms with Crippen molar-refractivity contribution in [3.8, 4) is 0 Å². The van der Waals surface area contributed by atoms with Crippen LogP contribution < -0.4 is 5.32 Å². The van der Waals surface area contributed by atoms with Crippen LogP contribution in [0.25, 0.3) is 0 Å². The van der Waals surface area contributed by atoms with Crippen LogP contribution in [-0.4, -0.2) is 29.6 Å². The number of aryl methyl sites for hydroxylation is 1. The molecule has 0 amide bonds. The molecule has 0 radical (unpaired) electrons. The topological polar surface area (TPSA) is 64.1 Å². The second-order valence-corrected chi connectivity index (χ2v) is 2.93. The van der Waals surface area contributed by atoms with Crippen LogP contribution in [0, 0.1) is 6.92 Å². The smallest absolute Gasteiger partial charge is 0.325 e. The Hall–Kier alpha value is -1.36. The summed E-state index contributed by atoms with van der Waals surface area (Å²) in [5, 5.41) is 2.92. The van der Waals surface area contributed by atoms with Gasteiger partial charge in [0.2, 0.25) is 5.28 Å². The normalized spacial score (nSPS) is 9.64. The van der Waals surface area contributed by atoms with E-state index in [-0.39, 0.29) is 17.8 Å². The van der Waals surface area contributed by atoms with E-state index in [4.69, 9.17) is 11.6 Å². The summed E-state index contributed by atoms with van der Waals surface area (Å²) in [6.07, 6.45) is 0. The maximum absolute atomic E-state index is 10.8. The minimum atomic E-state index is -0.364. The van der Waals surface area contributed by atoms with Crippen molar-refractivity contribution in [2.75, 3.05) is 19.0 Å². The van der Waals surface area contributed by atoms with Crippen LogP contribution in [0.3, 0.4) is 0 Å². The molecule has 76 valence electrons. The molecule has 0 fully saturated rings. The number of aromatic nitrogens is 2. The monoisotopic (exact) mass is 215 g/mol. The van der Waals surface area contributed by atoms with E-state index >= 15 is 0 Å². The summed E-state index contributed by atoms with van der Waals surface area (Å²) >= 11 is 5.62. The summed E-state index contributed by atoms with van der Waals surface area (Å²) in [4.78, 5) is 18.5. The van der Waals surface area contributed by atoms with Crippen molar-refractivity contribution in [3.05, 3.63) is 17.0 Å². The van der Waals surface area contributed by atoms with Crippen LogP contribution >= 0.6 is 11.6 Å². The van der Waals surface area contributed by atoms with E-state index in [2.05, 4.69) is 20.0 Å². The molecule has 1 heterocycles. The second-order valence-electron chi connectivity index (χ2n) is 2.59. The number of ether oxygens (including phenoxy) is 1. The number of nitrogens with one attached hydrogen (secondary N) is 1. The fourth-order valence-corrected chi connectivity index (χ4v) is 1.08. The number of esters is 1. The zero-order valence-corrected chi connectivity index (χ0v) is 8.63. The molecular formula is C8H10ClN3O2. The quantitative estimate of drug-likeness (QED) is 0.603. The zero-order valence-electron chi connectivity index (χ0n) is 7.87. The van der Waals surface area contributed by atoms with E-state index in [1.54, 1.807) is 13.0 Å². The Kier molecular flexibility index (Phi) is 3.64. The number of methoxy groups -OCH3 is 1. The Bertz CT molecular complexity index is 323. The molecule has 0 unspecified atom stereocenters. The zero-order chi connectivity index (χ0) is 10.6. The third-order valence-electron chi connectivity index (χ3n) is 1.47. The fourth-order valence-electron chi connectivity index (χ4n) is 0.858. The van der Waals surface area contributed by atoms with Crippen LogP contribution in [0.4, 0.5) is 5.82 Å². The number of nitrogens with zero attached hydrogens (tertiary/aromatic N) is 2. The number of carbonyl (C=O) groups excluding carboxylic acids is 1. The number of hydrogen-bond acceptors (Lipinski definition) is 5. The Morgan fingerprint density at radius 1 is 1.64 bits per heavy atom. The number of halogens is 1. The van der Waals surface area contributed by atoms with Crippen LogP contribution in [-0.2, 0) is 9.53 Å². The minimum absolute atomic E-state index is 0.0588. The molecule has 0 bridgehead atoms. The Balaban J connectivity index is 2.63. The van der Waals surface area contributed by atoms with Crippen molar-refractivity contribution in [2.45, 2.75) is 6.92 Å². The first kappa shape index (κ1) is 10.7. The Morgan fingerprint density at radius 3 is 2.93 bits per heavy atom. The highest BCUT2D eigenvalue weighted by atomic mass is 35.5.